The SMILES string of the molecule is COc1ccccc1C=CC=C1Oc2cc(OCC(=O)c3ccccc3)ccc2C1=O. The summed E-state index contributed by atoms with van der Waals surface area (Å²) in [6, 6.07) is 21.4. The van der Waals surface area contributed by atoms with Gasteiger partial charge in [-0.1, -0.05) is 60.7 Å². The first-order valence-corrected chi connectivity index (χ1v) is 9.75. The molecule has 5 nitrogen and oxygen atoms in total. The Morgan fingerprint density at radius 3 is 2.58 bits per heavy atom. The molecule has 0 radical (unpaired) electrons. The number of rotatable bonds is 7. The number of Topliss-reactive ketones (excluding diaryl/α,β-unsaturated/α-hetero) is 2. The van der Waals surface area contributed by atoms with Gasteiger partial charge in [0.1, 0.15) is 17.2 Å². The van der Waals surface area contributed by atoms with Crippen LogP contribution in [0.4, 0.5) is 0 Å². The van der Waals surface area contributed by atoms with Crippen molar-refractivity contribution in [2.75, 3.05) is 13.7 Å². The summed E-state index contributed by atoms with van der Waals surface area (Å²) < 4.78 is 16.6. The normalized spacial score (nSPS) is 13.8. The van der Waals surface area contributed by atoms with Gasteiger partial charge in [-0.15, -0.1) is 0 Å². The molecule has 0 saturated carbocycles. The summed E-state index contributed by atoms with van der Waals surface area (Å²) in [5, 5.41) is 0. The Kier molecular flexibility index (Phi) is 5.94. The van der Waals surface area contributed by atoms with Crippen LogP contribution in [0.3, 0.4) is 0 Å². The van der Waals surface area contributed by atoms with Crippen LogP contribution >= 0.6 is 0 Å². The highest BCUT2D eigenvalue weighted by Gasteiger charge is 2.27. The predicted octanol–water partition coefficient (Wildman–Crippen LogP) is 5.13. The average molecular weight is 412 g/mol. The molecular weight excluding hydrogens is 392 g/mol. The van der Waals surface area contributed by atoms with Gasteiger partial charge in [-0.05, 0) is 24.3 Å². The second kappa shape index (κ2) is 9.13. The molecule has 0 aliphatic carbocycles. The highest BCUT2D eigenvalue weighted by atomic mass is 16.5. The van der Waals surface area contributed by atoms with Gasteiger partial charge < -0.3 is 14.2 Å². The Morgan fingerprint density at radius 2 is 1.77 bits per heavy atom. The lowest BCUT2D eigenvalue weighted by Gasteiger charge is -2.06. The summed E-state index contributed by atoms with van der Waals surface area (Å²) in [6.45, 7) is -0.0961. The van der Waals surface area contributed by atoms with Crippen LogP contribution in [0.2, 0.25) is 0 Å². The summed E-state index contributed by atoms with van der Waals surface area (Å²) in [6.07, 6.45) is 5.20. The fourth-order valence-electron chi connectivity index (χ4n) is 3.17. The van der Waals surface area contributed by atoms with Crippen molar-refractivity contribution in [2.45, 2.75) is 0 Å². The molecule has 154 valence electrons. The molecule has 0 spiro atoms. The van der Waals surface area contributed by atoms with Crippen molar-refractivity contribution >= 4 is 17.6 Å². The van der Waals surface area contributed by atoms with E-state index in [4.69, 9.17) is 14.2 Å². The van der Waals surface area contributed by atoms with Crippen molar-refractivity contribution in [3.63, 3.8) is 0 Å². The van der Waals surface area contributed by atoms with Gasteiger partial charge >= 0.3 is 0 Å². The van der Waals surface area contributed by atoms with E-state index in [0.717, 1.165) is 11.3 Å². The Balaban J connectivity index is 1.43. The third-order valence-electron chi connectivity index (χ3n) is 4.77. The predicted molar refractivity (Wildman–Crippen MR) is 118 cm³/mol. The number of carbonyl (C=O) groups excluding carboxylic acids is 2. The molecule has 4 rings (SSSR count). The van der Waals surface area contributed by atoms with Gasteiger partial charge in [0.2, 0.25) is 5.78 Å². The first kappa shape index (κ1) is 20.2. The standard InChI is InChI=1S/C26H20O5/c1-29-23-12-6-5-10-19(23)11-7-13-24-26(28)21-15-14-20(16-25(21)31-24)30-17-22(27)18-8-3-2-4-9-18/h2-16H,17H2,1H3. The van der Waals surface area contributed by atoms with E-state index in [2.05, 4.69) is 0 Å². The fraction of sp³-hybridized carbons (Fsp3) is 0.0769. The van der Waals surface area contributed by atoms with Crippen molar-refractivity contribution in [1.82, 2.24) is 0 Å². The van der Waals surface area contributed by atoms with Gasteiger partial charge in [0.15, 0.2) is 18.1 Å². The largest absolute Gasteiger partial charge is 0.496 e. The van der Waals surface area contributed by atoms with Crippen LogP contribution < -0.4 is 14.2 Å². The third kappa shape index (κ3) is 4.56. The van der Waals surface area contributed by atoms with E-state index >= 15 is 0 Å². The van der Waals surface area contributed by atoms with E-state index in [1.165, 1.54) is 0 Å². The maximum atomic E-state index is 12.6. The summed E-state index contributed by atoms with van der Waals surface area (Å²) >= 11 is 0. The maximum Gasteiger partial charge on any atom is 0.231 e. The molecule has 0 fully saturated rings. The van der Waals surface area contributed by atoms with E-state index in [9.17, 15) is 9.59 Å². The number of ketones is 2. The van der Waals surface area contributed by atoms with E-state index in [-0.39, 0.29) is 23.9 Å². The Labute approximate surface area is 180 Å². The zero-order chi connectivity index (χ0) is 21.6. The van der Waals surface area contributed by atoms with E-state index in [1.54, 1.807) is 61.7 Å². The number of methoxy groups -OCH3 is 1. The van der Waals surface area contributed by atoms with Crippen LogP contribution in [-0.2, 0) is 0 Å². The minimum Gasteiger partial charge on any atom is -0.496 e. The van der Waals surface area contributed by atoms with Gasteiger partial charge in [0, 0.05) is 17.2 Å². The molecule has 1 aliphatic heterocycles. The number of benzene rings is 3. The highest BCUT2D eigenvalue weighted by Crippen LogP contribution is 2.34. The molecule has 0 bridgehead atoms. The lowest BCUT2D eigenvalue weighted by atomic mass is 10.1. The average Bonchev–Trinajstić information content (AvgIpc) is 3.13. The van der Waals surface area contributed by atoms with Crippen molar-refractivity contribution in [1.29, 1.82) is 0 Å². The monoisotopic (exact) mass is 412 g/mol. The lowest BCUT2D eigenvalue weighted by Crippen LogP contribution is -2.11. The number of carbonyl (C=O) groups is 2. The van der Waals surface area contributed by atoms with Gasteiger partial charge in [-0.25, -0.2) is 0 Å². The van der Waals surface area contributed by atoms with Crippen LogP contribution in [0.25, 0.3) is 6.08 Å². The van der Waals surface area contributed by atoms with Crippen LogP contribution in [-0.4, -0.2) is 25.3 Å². The summed E-state index contributed by atoms with van der Waals surface area (Å²) in [7, 11) is 1.61. The maximum absolute atomic E-state index is 12.6. The van der Waals surface area contributed by atoms with Gasteiger partial charge in [-0.2, -0.15) is 0 Å². The molecular formula is C26H20O5. The minimum atomic E-state index is -0.202. The number of para-hydroxylation sites is 1. The summed E-state index contributed by atoms with van der Waals surface area (Å²) in [4.78, 5) is 24.8. The van der Waals surface area contributed by atoms with Crippen LogP contribution in [0.15, 0.2) is 90.7 Å². The number of hydrogen-bond donors (Lipinski definition) is 0. The number of ether oxygens (including phenoxy) is 3. The van der Waals surface area contributed by atoms with Crippen molar-refractivity contribution in [2.24, 2.45) is 0 Å². The fourth-order valence-corrected chi connectivity index (χ4v) is 3.17. The van der Waals surface area contributed by atoms with Crippen LogP contribution in [0, 0.1) is 0 Å². The second-order valence-electron chi connectivity index (χ2n) is 6.80. The molecule has 3 aromatic carbocycles. The zero-order valence-electron chi connectivity index (χ0n) is 16.9. The minimum absolute atomic E-state index is 0.0961. The summed E-state index contributed by atoms with van der Waals surface area (Å²) in [5.74, 6) is 1.50. The van der Waals surface area contributed by atoms with Crippen molar-refractivity contribution < 1.29 is 23.8 Å². The van der Waals surface area contributed by atoms with E-state index < -0.39 is 0 Å². The molecule has 0 atom stereocenters. The lowest BCUT2D eigenvalue weighted by molar-refractivity contribution is 0.0921. The van der Waals surface area contributed by atoms with Gasteiger partial charge in [0.25, 0.3) is 0 Å². The highest BCUT2D eigenvalue weighted by molar-refractivity contribution is 6.12. The molecule has 0 unspecified atom stereocenters. The molecule has 1 aliphatic rings. The first-order valence-electron chi connectivity index (χ1n) is 9.75. The van der Waals surface area contributed by atoms with Crippen molar-refractivity contribution in [3.05, 3.63) is 107 Å². The topological polar surface area (TPSA) is 61.8 Å². The van der Waals surface area contributed by atoms with Gasteiger partial charge in [-0.3, -0.25) is 9.59 Å². The molecule has 1 heterocycles. The molecule has 5 heteroatoms. The van der Waals surface area contributed by atoms with Crippen molar-refractivity contribution in [3.8, 4) is 17.2 Å². The number of fused-ring (bicyclic) bond motifs is 1. The number of hydrogen-bond acceptors (Lipinski definition) is 5. The van der Waals surface area contributed by atoms with E-state index in [0.29, 0.717) is 22.6 Å². The quantitative estimate of drug-likeness (QED) is 0.398. The summed E-state index contributed by atoms with van der Waals surface area (Å²) in [5.41, 5.74) is 1.93. The Morgan fingerprint density at radius 1 is 1.00 bits per heavy atom. The van der Waals surface area contributed by atoms with Gasteiger partial charge in [0.05, 0.1) is 12.7 Å². The second-order valence-corrected chi connectivity index (χ2v) is 6.80. The van der Waals surface area contributed by atoms with Crippen LogP contribution in [0.5, 0.6) is 17.2 Å². The van der Waals surface area contributed by atoms with E-state index in [1.807, 2.05) is 36.4 Å². The molecule has 0 N–H and O–H groups in total. The third-order valence-corrected chi connectivity index (χ3v) is 4.77. The first-order chi connectivity index (χ1) is 15.2. The molecule has 0 aromatic heterocycles. The number of allylic oxidation sites excluding steroid dienone is 3. The molecule has 3 aromatic rings. The molecule has 0 amide bonds. The smallest absolute Gasteiger partial charge is 0.231 e. The Hall–Kier alpha value is -4.12. The molecule has 31 heavy (non-hydrogen) atoms. The Bertz CT molecular complexity index is 1180. The van der Waals surface area contributed by atoms with Crippen LogP contribution in [0.1, 0.15) is 26.3 Å². The zero-order valence-corrected chi connectivity index (χ0v) is 16.9. The molecule has 0 saturated heterocycles.